The predicted molar refractivity (Wildman–Crippen MR) is 25.0 cm³/mol. The molecule has 2 heterocycles. The Balaban J connectivity index is 2.00. The highest BCUT2D eigenvalue weighted by Crippen LogP contribution is 2.25. The molecule has 2 fully saturated rings. The first-order valence-corrected chi connectivity index (χ1v) is 2.87. The summed E-state index contributed by atoms with van der Waals surface area (Å²) in [6.07, 6.45) is 1.31. The van der Waals surface area contributed by atoms with Gasteiger partial charge in [-0.1, -0.05) is 0 Å². The number of quaternary nitrogens is 1. The lowest BCUT2D eigenvalue weighted by Crippen LogP contribution is -3.04. The summed E-state index contributed by atoms with van der Waals surface area (Å²) >= 11 is 0. The molecule has 0 aromatic heterocycles. The first kappa shape index (κ1) is 3.87. The van der Waals surface area contributed by atoms with Gasteiger partial charge in [-0.05, 0) is 0 Å². The van der Waals surface area contributed by atoms with Crippen LogP contribution in [0.15, 0.2) is 0 Å². The van der Waals surface area contributed by atoms with Gasteiger partial charge < -0.3 is 10.1 Å². The Morgan fingerprint density at radius 1 is 1.43 bits per heavy atom. The normalized spacial score (nSPS) is 34.3. The molecule has 0 aliphatic carbocycles. The zero-order valence-electron chi connectivity index (χ0n) is 4.31. The van der Waals surface area contributed by atoms with Crippen molar-refractivity contribution in [3.8, 4) is 0 Å². The molecule has 0 bridgehead atoms. The Morgan fingerprint density at radius 2 is 2.14 bits per heavy atom. The fourth-order valence-corrected chi connectivity index (χ4v) is 1.18. The molecule has 0 aromatic rings. The molecule has 40 valence electrons. The molecule has 2 aliphatic rings. The number of rotatable bonds is 0. The van der Waals surface area contributed by atoms with Crippen LogP contribution in [0.1, 0.15) is 6.42 Å². The van der Waals surface area contributed by atoms with Crippen molar-refractivity contribution in [3.05, 3.63) is 0 Å². The van der Waals surface area contributed by atoms with Crippen molar-refractivity contribution in [2.75, 3.05) is 19.7 Å². The third kappa shape index (κ3) is 0.359. The maximum atomic E-state index is 5.32. The van der Waals surface area contributed by atoms with Crippen LogP contribution >= 0.6 is 0 Å². The van der Waals surface area contributed by atoms with Crippen molar-refractivity contribution in [1.82, 2.24) is 0 Å². The quantitative estimate of drug-likeness (QED) is 0.403. The third-order valence-electron chi connectivity index (χ3n) is 2.00. The number of nitrogens with two attached hydrogens (primary N) is 1. The van der Waals surface area contributed by atoms with E-state index in [9.17, 15) is 0 Å². The SMILES string of the molecule is C1CC2(C[NH2+]C2)O1. The lowest BCUT2D eigenvalue weighted by atomic mass is 9.89. The average Bonchev–Trinajstić information content (AvgIpc) is 1.20. The summed E-state index contributed by atoms with van der Waals surface area (Å²) in [5, 5.41) is 2.29. The van der Waals surface area contributed by atoms with Crippen LogP contribution in [0.4, 0.5) is 0 Å². The Hall–Kier alpha value is -0.0800. The van der Waals surface area contributed by atoms with Gasteiger partial charge in [-0.2, -0.15) is 0 Å². The van der Waals surface area contributed by atoms with Crippen molar-refractivity contribution >= 4 is 0 Å². The molecule has 2 aliphatic heterocycles. The predicted octanol–water partition coefficient (Wildman–Crippen LogP) is -1.28. The number of hydrogen-bond acceptors (Lipinski definition) is 1. The lowest BCUT2D eigenvalue weighted by molar-refractivity contribution is -0.752. The summed E-state index contributed by atoms with van der Waals surface area (Å²) in [7, 11) is 0. The fourth-order valence-electron chi connectivity index (χ4n) is 1.18. The molecular weight excluding hydrogens is 90.1 g/mol. The number of ether oxygens (including phenoxy) is 1. The molecule has 2 saturated heterocycles. The van der Waals surface area contributed by atoms with Gasteiger partial charge in [0.05, 0.1) is 6.61 Å². The van der Waals surface area contributed by atoms with Crippen LogP contribution in [0.5, 0.6) is 0 Å². The van der Waals surface area contributed by atoms with Gasteiger partial charge >= 0.3 is 0 Å². The zero-order valence-corrected chi connectivity index (χ0v) is 4.31. The highest BCUT2D eigenvalue weighted by Gasteiger charge is 2.48. The first-order chi connectivity index (χ1) is 3.41. The standard InChI is InChI=1S/C5H9NO/c1-2-7-5(1)3-6-4-5/h6H,1-4H2/p+1. The monoisotopic (exact) mass is 100 g/mol. The molecule has 0 aromatic carbocycles. The number of hydrogen-bond donors (Lipinski definition) is 1. The second-order valence-corrected chi connectivity index (χ2v) is 2.48. The largest absolute Gasteiger partial charge is 0.363 e. The van der Waals surface area contributed by atoms with E-state index in [0.717, 1.165) is 6.61 Å². The summed E-state index contributed by atoms with van der Waals surface area (Å²) in [6.45, 7) is 3.44. The van der Waals surface area contributed by atoms with Crippen LogP contribution in [-0.2, 0) is 4.74 Å². The second-order valence-electron chi connectivity index (χ2n) is 2.48. The molecule has 1 spiro atoms. The van der Waals surface area contributed by atoms with E-state index in [1.807, 2.05) is 0 Å². The summed E-state index contributed by atoms with van der Waals surface area (Å²) in [5.74, 6) is 0. The van der Waals surface area contributed by atoms with E-state index in [1.165, 1.54) is 19.5 Å². The smallest absolute Gasteiger partial charge is 0.167 e. The van der Waals surface area contributed by atoms with Gasteiger partial charge in [-0.3, -0.25) is 0 Å². The molecule has 0 radical (unpaired) electrons. The highest BCUT2D eigenvalue weighted by atomic mass is 16.5. The van der Waals surface area contributed by atoms with Gasteiger partial charge in [0.15, 0.2) is 5.60 Å². The van der Waals surface area contributed by atoms with Crippen molar-refractivity contribution < 1.29 is 10.1 Å². The molecule has 2 rings (SSSR count). The summed E-state index contributed by atoms with van der Waals surface area (Å²) in [6, 6.07) is 0. The van der Waals surface area contributed by atoms with Crippen LogP contribution in [0.25, 0.3) is 0 Å². The van der Waals surface area contributed by atoms with E-state index >= 15 is 0 Å². The molecule has 0 saturated carbocycles. The van der Waals surface area contributed by atoms with Crippen LogP contribution < -0.4 is 5.32 Å². The molecule has 0 amide bonds. The van der Waals surface area contributed by atoms with Gasteiger partial charge in [-0.15, -0.1) is 0 Å². The van der Waals surface area contributed by atoms with Gasteiger partial charge in [0.2, 0.25) is 0 Å². The van der Waals surface area contributed by atoms with Crippen LogP contribution in [0.3, 0.4) is 0 Å². The van der Waals surface area contributed by atoms with E-state index in [1.54, 1.807) is 0 Å². The molecular formula is C5H10NO+. The van der Waals surface area contributed by atoms with E-state index in [2.05, 4.69) is 5.32 Å². The lowest BCUT2D eigenvalue weighted by Gasteiger charge is -2.45. The topological polar surface area (TPSA) is 25.8 Å². The van der Waals surface area contributed by atoms with Crippen LogP contribution in [0.2, 0.25) is 0 Å². The second kappa shape index (κ2) is 1.01. The summed E-state index contributed by atoms with van der Waals surface area (Å²) in [5.41, 5.74) is 0.389. The Bertz CT molecular complexity index is 68.6. The van der Waals surface area contributed by atoms with Crippen molar-refractivity contribution in [2.24, 2.45) is 0 Å². The van der Waals surface area contributed by atoms with E-state index in [4.69, 9.17) is 4.74 Å². The van der Waals surface area contributed by atoms with Gasteiger partial charge in [0.1, 0.15) is 13.1 Å². The summed E-state index contributed by atoms with van der Waals surface area (Å²) in [4.78, 5) is 0. The zero-order chi connectivity index (χ0) is 4.74. The fraction of sp³-hybridized carbons (Fsp3) is 1.00. The molecule has 7 heavy (non-hydrogen) atoms. The molecule has 2 nitrogen and oxygen atoms in total. The van der Waals surface area contributed by atoms with Gasteiger partial charge in [-0.25, -0.2) is 0 Å². The minimum atomic E-state index is 0.389. The highest BCUT2D eigenvalue weighted by molar-refractivity contribution is 4.89. The van der Waals surface area contributed by atoms with Crippen molar-refractivity contribution in [3.63, 3.8) is 0 Å². The Morgan fingerprint density at radius 3 is 2.14 bits per heavy atom. The molecule has 0 unspecified atom stereocenters. The van der Waals surface area contributed by atoms with E-state index < -0.39 is 0 Å². The minimum absolute atomic E-state index is 0.389. The van der Waals surface area contributed by atoms with Crippen LogP contribution in [0, 0.1) is 0 Å². The van der Waals surface area contributed by atoms with Gasteiger partial charge in [0.25, 0.3) is 0 Å². The maximum Gasteiger partial charge on any atom is 0.167 e. The molecule has 2 heteroatoms. The average molecular weight is 100 g/mol. The van der Waals surface area contributed by atoms with Crippen molar-refractivity contribution in [2.45, 2.75) is 12.0 Å². The molecule has 0 atom stereocenters. The summed E-state index contributed by atoms with van der Waals surface area (Å²) < 4.78 is 5.32. The molecule has 2 N–H and O–H groups in total. The van der Waals surface area contributed by atoms with Gasteiger partial charge in [0, 0.05) is 6.42 Å². The van der Waals surface area contributed by atoms with E-state index in [0.29, 0.717) is 5.60 Å². The maximum absolute atomic E-state index is 5.32. The van der Waals surface area contributed by atoms with Crippen LogP contribution in [-0.4, -0.2) is 25.3 Å². The third-order valence-corrected chi connectivity index (χ3v) is 2.00. The minimum Gasteiger partial charge on any atom is -0.363 e. The Labute approximate surface area is 42.9 Å². The van der Waals surface area contributed by atoms with Crippen molar-refractivity contribution in [1.29, 1.82) is 0 Å². The Kier molecular flexibility index (Phi) is 0.557. The van der Waals surface area contributed by atoms with E-state index in [-0.39, 0.29) is 0 Å². The first-order valence-electron chi connectivity index (χ1n) is 2.87.